The molecule has 0 spiro atoms. The summed E-state index contributed by atoms with van der Waals surface area (Å²) in [5.41, 5.74) is -0.531. The van der Waals surface area contributed by atoms with E-state index < -0.39 is 28.5 Å². The molecular formula is C12H11FN2O5. The fourth-order valence-electron chi connectivity index (χ4n) is 2.13. The number of anilines is 1. The van der Waals surface area contributed by atoms with Crippen molar-refractivity contribution in [1.82, 2.24) is 0 Å². The Kier molecular flexibility index (Phi) is 3.64. The van der Waals surface area contributed by atoms with Gasteiger partial charge >= 0.3 is 5.97 Å². The number of hydrogen-bond donors (Lipinski definition) is 0. The highest BCUT2D eigenvalue weighted by Gasteiger charge is 2.38. The summed E-state index contributed by atoms with van der Waals surface area (Å²) in [6.45, 7) is -0.0597. The standard InChI is InChI=1S/C12H11FN2O5/c1-20-12(17)7-4-11(16)14(6-7)10-5-8(13)2-3-9(10)15(18)19/h2-3,5,7H,4,6H2,1H3. The summed E-state index contributed by atoms with van der Waals surface area (Å²) >= 11 is 0. The van der Waals surface area contributed by atoms with Crippen molar-refractivity contribution in [3.8, 4) is 0 Å². The van der Waals surface area contributed by atoms with Gasteiger partial charge in [-0.2, -0.15) is 0 Å². The Morgan fingerprint density at radius 3 is 2.85 bits per heavy atom. The predicted octanol–water partition coefficient (Wildman–Crippen LogP) is 1.26. The average molecular weight is 282 g/mol. The number of rotatable bonds is 3. The molecule has 1 atom stereocenters. The van der Waals surface area contributed by atoms with E-state index in [4.69, 9.17) is 0 Å². The topological polar surface area (TPSA) is 89.8 Å². The number of benzene rings is 1. The molecule has 7 nitrogen and oxygen atoms in total. The van der Waals surface area contributed by atoms with Crippen LogP contribution in [0.4, 0.5) is 15.8 Å². The van der Waals surface area contributed by atoms with Crippen molar-refractivity contribution in [2.75, 3.05) is 18.6 Å². The minimum Gasteiger partial charge on any atom is -0.469 e. The van der Waals surface area contributed by atoms with Gasteiger partial charge in [-0.05, 0) is 6.07 Å². The number of nitro groups is 1. The number of nitrogens with zero attached hydrogens (tertiary/aromatic N) is 2. The Bertz CT molecular complexity index is 589. The average Bonchev–Trinajstić information content (AvgIpc) is 2.79. The molecule has 1 aromatic rings. The summed E-state index contributed by atoms with van der Waals surface area (Å²) in [5.74, 6) is -2.44. The number of carbonyl (C=O) groups is 2. The van der Waals surface area contributed by atoms with Crippen LogP contribution in [0.1, 0.15) is 6.42 Å². The van der Waals surface area contributed by atoms with E-state index >= 15 is 0 Å². The fraction of sp³-hybridized carbons (Fsp3) is 0.333. The lowest BCUT2D eigenvalue weighted by Crippen LogP contribution is -2.27. The first kappa shape index (κ1) is 13.9. The van der Waals surface area contributed by atoms with Crippen LogP contribution in [-0.2, 0) is 14.3 Å². The number of hydrogen-bond acceptors (Lipinski definition) is 5. The van der Waals surface area contributed by atoms with Gasteiger partial charge in [0.2, 0.25) is 5.91 Å². The lowest BCUT2D eigenvalue weighted by atomic mass is 10.1. The first-order valence-electron chi connectivity index (χ1n) is 5.76. The van der Waals surface area contributed by atoms with Crippen molar-refractivity contribution in [1.29, 1.82) is 0 Å². The van der Waals surface area contributed by atoms with E-state index in [-0.39, 0.29) is 24.3 Å². The first-order valence-corrected chi connectivity index (χ1v) is 5.76. The Morgan fingerprint density at radius 2 is 2.25 bits per heavy atom. The van der Waals surface area contributed by atoms with Crippen molar-refractivity contribution in [3.63, 3.8) is 0 Å². The quantitative estimate of drug-likeness (QED) is 0.473. The van der Waals surface area contributed by atoms with Gasteiger partial charge in [-0.25, -0.2) is 4.39 Å². The molecule has 0 aliphatic carbocycles. The van der Waals surface area contributed by atoms with Crippen LogP contribution in [0.25, 0.3) is 0 Å². The molecule has 20 heavy (non-hydrogen) atoms. The molecule has 1 aliphatic heterocycles. The maximum Gasteiger partial charge on any atom is 0.311 e. The van der Waals surface area contributed by atoms with Crippen LogP contribution >= 0.6 is 0 Å². The molecular weight excluding hydrogens is 271 g/mol. The van der Waals surface area contributed by atoms with Gasteiger partial charge in [0, 0.05) is 25.1 Å². The Morgan fingerprint density at radius 1 is 1.55 bits per heavy atom. The maximum absolute atomic E-state index is 13.3. The van der Waals surface area contributed by atoms with Gasteiger partial charge in [0.15, 0.2) is 0 Å². The maximum atomic E-state index is 13.3. The molecule has 0 bridgehead atoms. The van der Waals surface area contributed by atoms with Gasteiger partial charge < -0.3 is 9.64 Å². The van der Waals surface area contributed by atoms with Crippen LogP contribution in [0.3, 0.4) is 0 Å². The smallest absolute Gasteiger partial charge is 0.311 e. The predicted molar refractivity (Wildman–Crippen MR) is 65.5 cm³/mol. The summed E-state index contributed by atoms with van der Waals surface area (Å²) < 4.78 is 17.8. The molecule has 0 saturated carbocycles. The number of carbonyl (C=O) groups excluding carboxylic acids is 2. The molecule has 2 rings (SSSR count). The minimum absolute atomic E-state index is 0.0597. The zero-order valence-electron chi connectivity index (χ0n) is 10.5. The number of methoxy groups -OCH3 is 1. The molecule has 1 fully saturated rings. The second-order valence-corrected chi connectivity index (χ2v) is 4.32. The summed E-state index contributed by atoms with van der Waals surface area (Å²) in [7, 11) is 1.19. The second kappa shape index (κ2) is 5.24. The summed E-state index contributed by atoms with van der Waals surface area (Å²) in [6, 6.07) is 2.85. The summed E-state index contributed by atoms with van der Waals surface area (Å²) in [6.07, 6.45) is -0.111. The monoisotopic (exact) mass is 282 g/mol. The third-order valence-corrected chi connectivity index (χ3v) is 3.08. The summed E-state index contributed by atoms with van der Waals surface area (Å²) in [5, 5.41) is 10.9. The van der Waals surface area contributed by atoms with Gasteiger partial charge in [0.1, 0.15) is 11.5 Å². The van der Waals surface area contributed by atoms with E-state index in [1.54, 1.807) is 0 Å². The number of amides is 1. The van der Waals surface area contributed by atoms with Crippen LogP contribution in [0, 0.1) is 21.8 Å². The van der Waals surface area contributed by atoms with E-state index in [2.05, 4.69) is 4.74 Å². The van der Waals surface area contributed by atoms with Gasteiger partial charge in [-0.1, -0.05) is 0 Å². The van der Waals surface area contributed by atoms with Crippen LogP contribution in [0.15, 0.2) is 18.2 Å². The minimum atomic E-state index is -0.701. The van der Waals surface area contributed by atoms with E-state index in [9.17, 15) is 24.1 Å². The van der Waals surface area contributed by atoms with Crippen molar-refractivity contribution >= 4 is 23.3 Å². The zero-order chi connectivity index (χ0) is 14.9. The number of esters is 1. The van der Waals surface area contributed by atoms with Crippen molar-refractivity contribution < 1.29 is 23.6 Å². The van der Waals surface area contributed by atoms with Crippen molar-refractivity contribution in [2.24, 2.45) is 5.92 Å². The van der Waals surface area contributed by atoms with E-state index in [0.29, 0.717) is 0 Å². The van der Waals surface area contributed by atoms with E-state index in [1.807, 2.05) is 0 Å². The van der Waals surface area contributed by atoms with Gasteiger partial charge in [-0.3, -0.25) is 19.7 Å². The molecule has 1 aliphatic rings. The van der Waals surface area contributed by atoms with Crippen LogP contribution in [0.2, 0.25) is 0 Å². The second-order valence-electron chi connectivity index (χ2n) is 4.32. The van der Waals surface area contributed by atoms with Gasteiger partial charge in [0.25, 0.3) is 5.69 Å². The molecule has 1 aromatic carbocycles. The Labute approximate surface area is 113 Å². The van der Waals surface area contributed by atoms with E-state index in [0.717, 1.165) is 23.1 Å². The first-order chi connectivity index (χ1) is 9.43. The highest BCUT2D eigenvalue weighted by atomic mass is 19.1. The summed E-state index contributed by atoms with van der Waals surface area (Å²) in [4.78, 5) is 34.5. The number of halogens is 1. The number of nitro benzene ring substituents is 1. The lowest BCUT2D eigenvalue weighted by molar-refractivity contribution is -0.384. The molecule has 106 valence electrons. The van der Waals surface area contributed by atoms with Crippen LogP contribution in [0.5, 0.6) is 0 Å². The lowest BCUT2D eigenvalue weighted by Gasteiger charge is -2.16. The fourth-order valence-corrected chi connectivity index (χ4v) is 2.13. The third kappa shape index (κ3) is 2.44. The molecule has 0 aromatic heterocycles. The van der Waals surface area contributed by atoms with Crippen LogP contribution < -0.4 is 4.90 Å². The molecule has 0 radical (unpaired) electrons. The van der Waals surface area contributed by atoms with E-state index in [1.165, 1.54) is 7.11 Å². The molecule has 0 N–H and O–H groups in total. The van der Waals surface area contributed by atoms with Gasteiger partial charge in [-0.15, -0.1) is 0 Å². The third-order valence-electron chi connectivity index (χ3n) is 3.08. The normalized spacial score (nSPS) is 18.2. The molecule has 1 amide bonds. The Hall–Kier alpha value is -2.51. The Balaban J connectivity index is 2.37. The zero-order valence-corrected chi connectivity index (χ0v) is 10.5. The highest BCUT2D eigenvalue weighted by Crippen LogP contribution is 2.33. The van der Waals surface area contributed by atoms with Crippen molar-refractivity contribution in [3.05, 3.63) is 34.1 Å². The molecule has 8 heteroatoms. The molecule has 1 saturated heterocycles. The van der Waals surface area contributed by atoms with Crippen LogP contribution in [-0.4, -0.2) is 30.5 Å². The van der Waals surface area contributed by atoms with Gasteiger partial charge in [0.05, 0.1) is 18.0 Å². The highest BCUT2D eigenvalue weighted by molar-refractivity contribution is 6.01. The number of ether oxygens (including phenoxy) is 1. The SMILES string of the molecule is COC(=O)C1CC(=O)N(c2cc(F)ccc2[N+](=O)[O-])C1. The largest absolute Gasteiger partial charge is 0.469 e. The van der Waals surface area contributed by atoms with Crippen molar-refractivity contribution in [2.45, 2.75) is 6.42 Å². The molecule has 1 unspecified atom stereocenters. The molecule has 1 heterocycles.